The van der Waals surface area contributed by atoms with Crippen LogP contribution in [-0.4, -0.2) is 52.8 Å². The fourth-order valence-corrected chi connectivity index (χ4v) is 1.50. The third-order valence-electron chi connectivity index (χ3n) is 2.02. The smallest absolute Gasteiger partial charge is 0.169 e. The molecule has 0 aliphatic rings. The van der Waals surface area contributed by atoms with Gasteiger partial charge in [-0.05, 0) is 21.0 Å². The first-order valence-corrected chi connectivity index (χ1v) is 5.08. The van der Waals surface area contributed by atoms with Gasteiger partial charge in [0.2, 0.25) is 0 Å². The molecule has 1 rings (SSSR count). The van der Waals surface area contributed by atoms with Crippen molar-refractivity contribution in [3.8, 4) is 0 Å². The molecule has 1 atom stereocenters. The van der Waals surface area contributed by atoms with Crippen LogP contribution in [0.3, 0.4) is 0 Å². The first-order valence-electron chi connectivity index (χ1n) is 5.08. The number of likely N-dealkylation sites (N-methyl/N-ethyl adjacent to an activating group) is 1. The summed E-state index contributed by atoms with van der Waals surface area (Å²) >= 11 is 0. The van der Waals surface area contributed by atoms with Crippen molar-refractivity contribution in [3.05, 3.63) is 12.4 Å². The second kappa shape index (κ2) is 5.09. The number of rotatable bonds is 5. The Balaban J connectivity index is 2.54. The zero-order valence-corrected chi connectivity index (χ0v) is 9.94. The highest BCUT2D eigenvalue weighted by Crippen LogP contribution is 2.12. The van der Waals surface area contributed by atoms with Crippen LogP contribution in [0.5, 0.6) is 0 Å². The number of aliphatic hydroxyl groups is 1. The molecule has 90 valence electrons. The Labute approximate surface area is 95.5 Å². The topological polar surface area (TPSA) is 87.3 Å². The summed E-state index contributed by atoms with van der Waals surface area (Å²) in [7, 11) is 3.82. The molecule has 1 heterocycles. The molecule has 1 unspecified atom stereocenters. The predicted octanol–water partition coefficient (Wildman–Crippen LogP) is -0.217. The van der Waals surface area contributed by atoms with E-state index in [2.05, 4.69) is 15.3 Å². The lowest BCUT2D eigenvalue weighted by Crippen LogP contribution is -2.43. The highest BCUT2D eigenvalue weighted by Gasteiger charge is 2.21. The van der Waals surface area contributed by atoms with Gasteiger partial charge in [0.1, 0.15) is 0 Å². The second-order valence-corrected chi connectivity index (χ2v) is 4.38. The van der Waals surface area contributed by atoms with Gasteiger partial charge in [0.05, 0.1) is 5.60 Å². The van der Waals surface area contributed by atoms with E-state index in [1.807, 2.05) is 19.0 Å². The fourth-order valence-electron chi connectivity index (χ4n) is 1.50. The number of aromatic nitrogens is 2. The standard InChI is InChI=1S/C10H19N5O/c1-10(16,7-15(2)3)6-14-9-8(11)12-4-5-13-9/h4-5,16H,6-7H2,1-3H3,(H2,11,12)(H,13,14). The Morgan fingerprint density at radius 1 is 1.44 bits per heavy atom. The molecule has 0 saturated heterocycles. The van der Waals surface area contributed by atoms with Crippen LogP contribution in [0.25, 0.3) is 0 Å². The largest absolute Gasteiger partial charge is 0.387 e. The maximum absolute atomic E-state index is 10.0. The van der Waals surface area contributed by atoms with Gasteiger partial charge in [-0.25, -0.2) is 9.97 Å². The second-order valence-electron chi connectivity index (χ2n) is 4.38. The van der Waals surface area contributed by atoms with Crippen LogP contribution in [0.1, 0.15) is 6.92 Å². The molecule has 1 aromatic heterocycles. The van der Waals surface area contributed by atoms with Gasteiger partial charge in [0, 0.05) is 25.5 Å². The van der Waals surface area contributed by atoms with E-state index in [4.69, 9.17) is 5.73 Å². The van der Waals surface area contributed by atoms with Crippen molar-refractivity contribution >= 4 is 11.6 Å². The van der Waals surface area contributed by atoms with Crippen molar-refractivity contribution in [2.45, 2.75) is 12.5 Å². The molecule has 0 fully saturated rings. The minimum atomic E-state index is -0.840. The number of nitrogens with two attached hydrogens (primary N) is 1. The van der Waals surface area contributed by atoms with E-state index in [0.29, 0.717) is 24.7 Å². The SMILES string of the molecule is CN(C)CC(C)(O)CNc1nccnc1N. The Bertz CT molecular complexity index is 340. The molecule has 1 aromatic rings. The van der Waals surface area contributed by atoms with Crippen molar-refractivity contribution in [2.24, 2.45) is 0 Å². The Morgan fingerprint density at radius 2 is 2.06 bits per heavy atom. The quantitative estimate of drug-likeness (QED) is 0.642. The van der Waals surface area contributed by atoms with E-state index >= 15 is 0 Å². The Morgan fingerprint density at radius 3 is 2.62 bits per heavy atom. The maximum Gasteiger partial charge on any atom is 0.169 e. The van der Waals surface area contributed by atoms with E-state index in [0.717, 1.165) is 0 Å². The highest BCUT2D eigenvalue weighted by molar-refractivity contribution is 5.55. The van der Waals surface area contributed by atoms with Crippen molar-refractivity contribution < 1.29 is 5.11 Å². The van der Waals surface area contributed by atoms with E-state index in [9.17, 15) is 5.11 Å². The van der Waals surface area contributed by atoms with Gasteiger partial charge in [-0.3, -0.25) is 0 Å². The van der Waals surface area contributed by atoms with Gasteiger partial charge in [-0.1, -0.05) is 0 Å². The summed E-state index contributed by atoms with van der Waals surface area (Å²) in [4.78, 5) is 9.86. The van der Waals surface area contributed by atoms with Gasteiger partial charge in [0.25, 0.3) is 0 Å². The summed E-state index contributed by atoms with van der Waals surface area (Å²) in [6.07, 6.45) is 3.08. The predicted molar refractivity (Wildman–Crippen MR) is 64.1 cm³/mol. The van der Waals surface area contributed by atoms with Gasteiger partial charge in [-0.15, -0.1) is 0 Å². The lowest BCUT2D eigenvalue weighted by molar-refractivity contribution is 0.0459. The lowest BCUT2D eigenvalue weighted by Gasteiger charge is -2.27. The van der Waals surface area contributed by atoms with Crippen LogP contribution >= 0.6 is 0 Å². The summed E-state index contributed by atoms with van der Waals surface area (Å²) in [6.45, 7) is 2.68. The van der Waals surface area contributed by atoms with E-state index in [-0.39, 0.29) is 0 Å². The summed E-state index contributed by atoms with van der Waals surface area (Å²) in [5.74, 6) is 0.838. The van der Waals surface area contributed by atoms with Crippen molar-refractivity contribution in [1.82, 2.24) is 14.9 Å². The Hall–Kier alpha value is -1.40. The molecule has 6 heteroatoms. The molecule has 0 aliphatic heterocycles. The van der Waals surface area contributed by atoms with E-state index in [1.165, 1.54) is 6.20 Å². The normalized spacial score (nSPS) is 14.8. The highest BCUT2D eigenvalue weighted by atomic mass is 16.3. The van der Waals surface area contributed by atoms with Gasteiger partial charge < -0.3 is 21.1 Å². The average Bonchev–Trinajstić information content (AvgIpc) is 2.14. The van der Waals surface area contributed by atoms with E-state index < -0.39 is 5.60 Å². The van der Waals surface area contributed by atoms with Gasteiger partial charge in [-0.2, -0.15) is 0 Å². The molecule has 4 N–H and O–H groups in total. The molecule has 0 aliphatic carbocycles. The number of nitrogens with zero attached hydrogens (tertiary/aromatic N) is 3. The van der Waals surface area contributed by atoms with Crippen molar-refractivity contribution in [1.29, 1.82) is 0 Å². The monoisotopic (exact) mass is 225 g/mol. The molecule has 0 saturated carbocycles. The molecule has 0 radical (unpaired) electrons. The third kappa shape index (κ3) is 4.00. The summed E-state index contributed by atoms with van der Waals surface area (Å²) in [6, 6.07) is 0. The van der Waals surface area contributed by atoms with Crippen LogP contribution in [-0.2, 0) is 0 Å². The minimum Gasteiger partial charge on any atom is -0.387 e. The average molecular weight is 225 g/mol. The third-order valence-corrected chi connectivity index (χ3v) is 2.02. The molecule has 0 amide bonds. The maximum atomic E-state index is 10.0. The molecular formula is C10H19N5O. The fraction of sp³-hybridized carbons (Fsp3) is 0.600. The summed E-state index contributed by atoms with van der Waals surface area (Å²) in [5, 5.41) is 13.0. The van der Waals surface area contributed by atoms with Gasteiger partial charge in [0.15, 0.2) is 11.6 Å². The van der Waals surface area contributed by atoms with Crippen molar-refractivity contribution in [2.75, 3.05) is 38.2 Å². The van der Waals surface area contributed by atoms with Crippen LogP contribution in [0.15, 0.2) is 12.4 Å². The van der Waals surface area contributed by atoms with E-state index in [1.54, 1.807) is 13.1 Å². The minimum absolute atomic E-state index is 0.336. The molecule has 0 aromatic carbocycles. The first kappa shape index (κ1) is 12.7. The molecular weight excluding hydrogens is 206 g/mol. The number of anilines is 2. The first-order chi connectivity index (χ1) is 7.41. The summed E-state index contributed by atoms with van der Waals surface area (Å²) < 4.78 is 0. The van der Waals surface area contributed by atoms with Crippen molar-refractivity contribution in [3.63, 3.8) is 0 Å². The number of hydrogen-bond acceptors (Lipinski definition) is 6. The zero-order chi connectivity index (χ0) is 12.2. The molecule has 6 nitrogen and oxygen atoms in total. The van der Waals surface area contributed by atoms with Crippen LogP contribution in [0, 0.1) is 0 Å². The molecule has 16 heavy (non-hydrogen) atoms. The Kier molecular flexibility index (Phi) is 4.03. The van der Waals surface area contributed by atoms with Crippen LogP contribution in [0.2, 0.25) is 0 Å². The number of nitrogen functional groups attached to an aromatic ring is 1. The van der Waals surface area contributed by atoms with Gasteiger partial charge >= 0.3 is 0 Å². The molecule has 0 spiro atoms. The number of hydrogen-bond donors (Lipinski definition) is 3. The molecule has 0 bridgehead atoms. The lowest BCUT2D eigenvalue weighted by atomic mass is 10.1. The zero-order valence-electron chi connectivity index (χ0n) is 9.94. The van der Waals surface area contributed by atoms with Crippen LogP contribution in [0.4, 0.5) is 11.6 Å². The number of nitrogens with one attached hydrogen (secondary N) is 1. The summed E-state index contributed by atoms with van der Waals surface area (Å²) in [5.41, 5.74) is 4.78. The van der Waals surface area contributed by atoms with Crippen LogP contribution < -0.4 is 11.1 Å².